The van der Waals surface area contributed by atoms with Crippen molar-refractivity contribution in [2.75, 3.05) is 24.5 Å². The molecule has 2 amide bonds. The summed E-state index contributed by atoms with van der Waals surface area (Å²) in [4.78, 5) is 20.1. The van der Waals surface area contributed by atoms with E-state index in [-0.39, 0.29) is 5.69 Å². The number of alkyl halides is 3. The van der Waals surface area contributed by atoms with Crippen LogP contribution in [0.15, 0.2) is 48.7 Å². The van der Waals surface area contributed by atoms with Gasteiger partial charge in [0.15, 0.2) is 0 Å². The van der Waals surface area contributed by atoms with Crippen molar-refractivity contribution in [1.82, 2.24) is 9.88 Å². The van der Waals surface area contributed by atoms with Gasteiger partial charge in [0.1, 0.15) is 16.4 Å². The van der Waals surface area contributed by atoms with Crippen molar-refractivity contribution in [3.05, 3.63) is 65.0 Å². The van der Waals surface area contributed by atoms with Gasteiger partial charge in [-0.2, -0.15) is 13.2 Å². The van der Waals surface area contributed by atoms with Crippen LogP contribution in [-0.4, -0.2) is 40.7 Å². The minimum absolute atomic E-state index is 0.104. The van der Waals surface area contributed by atoms with Crippen LogP contribution in [-0.2, 0) is 11.8 Å². The summed E-state index contributed by atoms with van der Waals surface area (Å²) in [6.07, 6.45) is -2.49. The van der Waals surface area contributed by atoms with Crippen molar-refractivity contribution in [3.8, 4) is 10.4 Å². The van der Waals surface area contributed by atoms with Gasteiger partial charge in [-0.15, -0.1) is 11.3 Å². The van der Waals surface area contributed by atoms with Gasteiger partial charge in [-0.25, -0.2) is 14.2 Å². The molecule has 3 N–H and O–H groups in total. The molecule has 0 spiro atoms. The number of hydrogen-bond donors (Lipinski definition) is 2. The van der Waals surface area contributed by atoms with E-state index >= 15 is 0 Å². The Labute approximate surface area is 197 Å². The minimum Gasteiger partial charge on any atom is -0.381 e. The molecule has 1 aliphatic heterocycles. The van der Waals surface area contributed by atoms with Gasteiger partial charge in [0, 0.05) is 19.3 Å². The average molecular weight is 495 g/mol. The van der Waals surface area contributed by atoms with Crippen LogP contribution in [0.2, 0.25) is 0 Å². The van der Waals surface area contributed by atoms with Gasteiger partial charge in [0.2, 0.25) is 0 Å². The van der Waals surface area contributed by atoms with E-state index in [1.54, 1.807) is 18.3 Å². The van der Waals surface area contributed by atoms with Crippen LogP contribution in [0, 0.1) is 5.82 Å². The number of nitrogens with zero attached hydrogens (tertiary/aromatic N) is 3. The molecule has 2 aromatic carbocycles. The highest BCUT2D eigenvalue weighted by Crippen LogP contribution is 2.39. The van der Waals surface area contributed by atoms with Gasteiger partial charge < -0.3 is 15.7 Å². The Balaban J connectivity index is 1.62. The van der Waals surface area contributed by atoms with E-state index in [1.165, 1.54) is 23.5 Å². The van der Waals surface area contributed by atoms with Crippen LogP contribution < -0.4 is 10.6 Å². The van der Waals surface area contributed by atoms with Gasteiger partial charge in [-0.05, 0) is 48.9 Å². The third-order valence-electron chi connectivity index (χ3n) is 5.82. The van der Waals surface area contributed by atoms with Gasteiger partial charge in [0.25, 0.3) is 0 Å². The largest absolute Gasteiger partial charge is 0.416 e. The number of nitrogens with two attached hydrogens (primary N) is 1. The van der Waals surface area contributed by atoms with Gasteiger partial charge in [-0.1, -0.05) is 19.1 Å². The molecule has 6 nitrogen and oxygen atoms in total. The molecule has 34 heavy (non-hydrogen) atoms. The highest BCUT2D eigenvalue weighted by atomic mass is 32.1. The third kappa shape index (κ3) is 4.63. The van der Waals surface area contributed by atoms with Crippen molar-refractivity contribution in [2.24, 2.45) is 5.73 Å². The lowest BCUT2D eigenvalue weighted by atomic mass is 10.1. The molecule has 2 heterocycles. The number of urea groups is 1. The average Bonchev–Trinajstić information content (AvgIpc) is 3.43. The number of halogens is 4. The quantitative estimate of drug-likeness (QED) is 0.484. The second kappa shape index (κ2) is 8.97. The summed E-state index contributed by atoms with van der Waals surface area (Å²) in [6.45, 7) is 4.16. The number of β-amino-alcohol motifs (C(OH)–C–C–N with tert-alkyl or cyclic N) is 1. The summed E-state index contributed by atoms with van der Waals surface area (Å²) < 4.78 is 53.7. The second-order valence-corrected chi connectivity index (χ2v) is 9.10. The first-order valence-corrected chi connectivity index (χ1v) is 11.3. The topological polar surface area (TPSA) is 82.7 Å². The van der Waals surface area contributed by atoms with E-state index in [0.29, 0.717) is 41.1 Å². The SMILES string of the molecule is CCN1CCC(O)(c2ncc(-c3ccc(N(C(N)=O)c4cc(C(F)(F)F)ccc4F)cc3)s2)C1. The van der Waals surface area contributed by atoms with Crippen molar-refractivity contribution >= 4 is 28.7 Å². The van der Waals surface area contributed by atoms with E-state index < -0.39 is 34.9 Å². The van der Waals surface area contributed by atoms with Crippen LogP contribution in [0.3, 0.4) is 0 Å². The zero-order valence-electron chi connectivity index (χ0n) is 18.1. The molecule has 3 aromatic rings. The fourth-order valence-electron chi connectivity index (χ4n) is 3.96. The Bertz CT molecular complexity index is 1200. The van der Waals surface area contributed by atoms with Crippen LogP contribution in [0.1, 0.15) is 23.9 Å². The first-order valence-electron chi connectivity index (χ1n) is 10.5. The monoisotopic (exact) mass is 494 g/mol. The number of amides is 2. The number of rotatable bonds is 5. The molecule has 0 bridgehead atoms. The summed E-state index contributed by atoms with van der Waals surface area (Å²) in [5.41, 5.74) is 3.50. The van der Waals surface area contributed by atoms with Crippen LogP contribution in [0.5, 0.6) is 0 Å². The zero-order chi connectivity index (χ0) is 24.7. The Morgan fingerprint density at radius 3 is 2.56 bits per heavy atom. The fraction of sp³-hybridized carbons (Fsp3) is 0.304. The smallest absolute Gasteiger partial charge is 0.381 e. The maximum Gasteiger partial charge on any atom is 0.416 e. The highest BCUT2D eigenvalue weighted by molar-refractivity contribution is 7.15. The lowest BCUT2D eigenvalue weighted by Gasteiger charge is -2.22. The van der Waals surface area contributed by atoms with E-state index in [1.807, 2.05) is 6.92 Å². The number of thiazole rings is 1. The van der Waals surface area contributed by atoms with Crippen LogP contribution in [0.25, 0.3) is 10.4 Å². The van der Waals surface area contributed by atoms with Crippen molar-refractivity contribution < 1.29 is 27.5 Å². The first kappa shape index (κ1) is 24.1. The normalized spacial score (nSPS) is 18.9. The lowest BCUT2D eigenvalue weighted by molar-refractivity contribution is -0.137. The molecule has 1 atom stereocenters. The zero-order valence-corrected chi connectivity index (χ0v) is 19.0. The maximum absolute atomic E-state index is 14.4. The van der Waals surface area contributed by atoms with Gasteiger partial charge in [0.05, 0.1) is 21.8 Å². The molecule has 1 aromatic heterocycles. The molecule has 1 aliphatic rings. The summed E-state index contributed by atoms with van der Waals surface area (Å²) in [5.74, 6) is -1.02. The third-order valence-corrected chi connectivity index (χ3v) is 7.06. The predicted octanol–water partition coefficient (Wildman–Crippen LogP) is 5.10. The molecule has 1 fully saturated rings. The van der Waals surface area contributed by atoms with Crippen molar-refractivity contribution in [1.29, 1.82) is 0 Å². The summed E-state index contributed by atoms with van der Waals surface area (Å²) in [5, 5.41) is 11.6. The standard InChI is InChI=1S/C23H22F4N4O2S/c1-2-30-10-9-22(33,13-30)20-29-12-19(34-20)14-3-6-16(7-4-14)31(21(28)32)18-11-15(23(25,26)27)5-8-17(18)24/h3-8,11-12,33H,2,9-10,13H2,1H3,(H2,28,32). The van der Waals surface area contributed by atoms with E-state index in [9.17, 15) is 27.5 Å². The number of aromatic nitrogens is 1. The minimum atomic E-state index is -4.71. The number of carbonyl (C=O) groups is 1. The number of likely N-dealkylation sites (tertiary alicyclic amines) is 1. The number of hydrogen-bond acceptors (Lipinski definition) is 5. The molecular formula is C23H22F4N4O2S. The molecule has 1 unspecified atom stereocenters. The van der Waals surface area contributed by atoms with E-state index in [2.05, 4.69) is 9.88 Å². The number of aliphatic hydroxyl groups is 1. The molecule has 180 valence electrons. The Morgan fingerprint density at radius 1 is 1.26 bits per heavy atom. The van der Waals surface area contributed by atoms with E-state index in [0.717, 1.165) is 23.5 Å². The summed E-state index contributed by atoms with van der Waals surface area (Å²) in [7, 11) is 0. The van der Waals surface area contributed by atoms with Crippen LogP contribution in [0.4, 0.5) is 33.7 Å². The second-order valence-electron chi connectivity index (χ2n) is 8.06. The maximum atomic E-state index is 14.4. The summed E-state index contributed by atoms with van der Waals surface area (Å²) >= 11 is 1.34. The fourth-order valence-corrected chi connectivity index (χ4v) is 4.99. The van der Waals surface area contributed by atoms with E-state index in [4.69, 9.17) is 5.73 Å². The number of benzene rings is 2. The van der Waals surface area contributed by atoms with Gasteiger partial charge in [-0.3, -0.25) is 4.90 Å². The molecule has 1 saturated heterocycles. The first-order chi connectivity index (χ1) is 16.0. The molecule has 4 rings (SSSR count). The number of carbonyl (C=O) groups excluding carboxylic acids is 1. The number of anilines is 2. The Kier molecular flexibility index (Phi) is 6.36. The van der Waals surface area contributed by atoms with Crippen LogP contribution >= 0.6 is 11.3 Å². The van der Waals surface area contributed by atoms with Crippen molar-refractivity contribution in [2.45, 2.75) is 25.1 Å². The lowest BCUT2D eigenvalue weighted by Crippen LogP contribution is -2.32. The Morgan fingerprint density at radius 2 is 1.97 bits per heavy atom. The number of likely N-dealkylation sites (N-methyl/N-ethyl adjacent to an activating group) is 1. The van der Waals surface area contributed by atoms with Crippen molar-refractivity contribution in [3.63, 3.8) is 0 Å². The molecule has 0 saturated carbocycles. The number of primary amides is 1. The summed E-state index contributed by atoms with van der Waals surface area (Å²) in [6, 6.07) is 6.84. The molecular weight excluding hydrogens is 472 g/mol. The molecule has 0 radical (unpaired) electrons. The predicted molar refractivity (Wildman–Crippen MR) is 121 cm³/mol. The highest BCUT2D eigenvalue weighted by Gasteiger charge is 2.39. The molecule has 0 aliphatic carbocycles. The Hall–Kier alpha value is -3.02. The van der Waals surface area contributed by atoms with Gasteiger partial charge >= 0.3 is 12.2 Å². The molecule has 11 heteroatoms.